The summed E-state index contributed by atoms with van der Waals surface area (Å²) in [7, 11) is 0. The van der Waals surface area contributed by atoms with Gasteiger partial charge in [-0.3, -0.25) is 0 Å². The Morgan fingerprint density at radius 3 is 2.82 bits per heavy atom. The van der Waals surface area contributed by atoms with E-state index >= 15 is 0 Å². The molecule has 0 bridgehead atoms. The van der Waals surface area contributed by atoms with Gasteiger partial charge < -0.3 is 4.90 Å². The van der Waals surface area contributed by atoms with Gasteiger partial charge in [-0.25, -0.2) is 0 Å². The Balaban J connectivity index is 2.09. The van der Waals surface area contributed by atoms with Crippen LogP contribution < -0.4 is 0 Å². The van der Waals surface area contributed by atoms with E-state index in [0.717, 1.165) is 19.6 Å². The van der Waals surface area contributed by atoms with Gasteiger partial charge in [0, 0.05) is 42.6 Å². The Morgan fingerprint density at radius 1 is 1.45 bits per heavy atom. The van der Waals surface area contributed by atoms with Gasteiger partial charge in [-0.2, -0.15) is 11.8 Å². The lowest BCUT2D eigenvalue weighted by atomic mass is 10.4. The minimum atomic E-state index is 0.612. The van der Waals surface area contributed by atoms with Crippen LogP contribution in [-0.4, -0.2) is 42.6 Å². The van der Waals surface area contributed by atoms with E-state index in [4.69, 9.17) is 5.53 Å². The average molecular weight is 172 g/mol. The van der Waals surface area contributed by atoms with Crippen LogP contribution in [-0.2, 0) is 0 Å². The highest BCUT2D eigenvalue weighted by atomic mass is 32.2. The highest BCUT2D eigenvalue weighted by molar-refractivity contribution is 7.99. The molecule has 1 heterocycles. The lowest BCUT2D eigenvalue weighted by Crippen LogP contribution is -2.34. The first-order chi connectivity index (χ1) is 5.43. The highest BCUT2D eigenvalue weighted by Crippen LogP contribution is 2.07. The number of hydrogen-bond acceptors (Lipinski definition) is 3. The van der Waals surface area contributed by atoms with Crippen molar-refractivity contribution in [3.63, 3.8) is 0 Å². The second-order valence-corrected chi connectivity index (χ2v) is 3.63. The molecule has 0 amide bonds. The molecule has 0 radical (unpaired) electrons. The highest BCUT2D eigenvalue weighted by Gasteiger charge is 2.08. The van der Waals surface area contributed by atoms with Gasteiger partial charge in [-0.1, -0.05) is 5.11 Å². The maximum Gasteiger partial charge on any atom is 0.0385 e. The molecule has 1 fully saturated rings. The summed E-state index contributed by atoms with van der Waals surface area (Å²) < 4.78 is 0. The molecule has 1 aliphatic rings. The van der Waals surface area contributed by atoms with Gasteiger partial charge in [0.15, 0.2) is 0 Å². The molecule has 0 aliphatic carbocycles. The molecule has 4 nitrogen and oxygen atoms in total. The lowest BCUT2D eigenvalue weighted by Gasteiger charge is -2.25. The van der Waals surface area contributed by atoms with Crippen LogP contribution in [0.5, 0.6) is 0 Å². The van der Waals surface area contributed by atoms with E-state index < -0.39 is 0 Å². The van der Waals surface area contributed by atoms with Crippen molar-refractivity contribution in [1.29, 1.82) is 0 Å². The van der Waals surface area contributed by atoms with Crippen LogP contribution in [0.25, 0.3) is 10.4 Å². The van der Waals surface area contributed by atoms with Crippen molar-refractivity contribution in [2.24, 2.45) is 5.11 Å². The van der Waals surface area contributed by atoms with Gasteiger partial charge in [0.05, 0.1) is 0 Å². The summed E-state index contributed by atoms with van der Waals surface area (Å²) in [5, 5.41) is 3.50. The summed E-state index contributed by atoms with van der Waals surface area (Å²) in [5.74, 6) is 2.44. The van der Waals surface area contributed by atoms with Crippen molar-refractivity contribution in [2.45, 2.75) is 0 Å². The summed E-state index contributed by atoms with van der Waals surface area (Å²) in [4.78, 5) is 5.05. The van der Waals surface area contributed by atoms with Gasteiger partial charge in [-0.15, -0.1) is 0 Å². The summed E-state index contributed by atoms with van der Waals surface area (Å²) in [6.45, 7) is 3.82. The van der Waals surface area contributed by atoms with Crippen molar-refractivity contribution in [3.05, 3.63) is 10.4 Å². The van der Waals surface area contributed by atoms with Crippen molar-refractivity contribution < 1.29 is 0 Å². The van der Waals surface area contributed by atoms with Gasteiger partial charge in [0.2, 0.25) is 0 Å². The van der Waals surface area contributed by atoms with E-state index in [9.17, 15) is 0 Å². The molecule has 0 aromatic heterocycles. The third-order valence-corrected chi connectivity index (χ3v) is 2.63. The van der Waals surface area contributed by atoms with Crippen molar-refractivity contribution in [2.75, 3.05) is 37.7 Å². The Morgan fingerprint density at radius 2 is 2.18 bits per heavy atom. The number of thioether (sulfide) groups is 1. The number of hydrogen-bond donors (Lipinski definition) is 0. The summed E-state index contributed by atoms with van der Waals surface area (Å²) in [6, 6.07) is 0. The average Bonchev–Trinajstić information content (AvgIpc) is 2.07. The Hall–Kier alpha value is -0.380. The van der Waals surface area contributed by atoms with Crippen LogP contribution in [0.4, 0.5) is 0 Å². The first-order valence-electron chi connectivity index (χ1n) is 3.74. The van der Waals surface area contributed by atoms with E-state index in [1.807, 2.05) is 11.8 Å². The van der Waals surface area contributed by atoms with Crippen LogP contribution in [0.1, 0.15) is 0 Å². The van der Waals surface area contributed by atoms with Gasteiger partial charge in [-0.05, 0) is 5.53 Å². The maximum absolute atomic E-state index is 8.03. The monoisotopic (exact) mass is 172 g/mol. The van der Waals surface area contributed by atoms with E-state index in [2.05, 4.69) is 14.9 Å². The largest absolute Gasteiger partial charge is 0.302 e. The number of azide groups is 1. The first kappa shape index (κ1) is 8.71. The smallest absolute Gasteiger partial charge is 0.0385 e. The molecule has 0 aromatic rings. The molecule has 0 saturated carbocycles. The van der Waals surface area contributed by atoms with Crippen LogP contribution in [0.15, 0.2) is 5.11 Å². The van der Waals surface area contributed by atoms with Crippen LogP contribution in [0.2, 0.25) is 0 Å². The fourth-order valence-corrected chi connectivity index (χ4v) is 2.03. The van der Waals surface area contributed by atoms with Crippen molar-refractivity contribution >= 4 is 11.8 Å². The molecule has 1 rings (SSSR count). The van der Waals surface area contributed by atoms with Gasteiger partial charge in [0.25, 0.3) is 0 Å². The van der Waals surface area contributed by atoms with E-state index in [0.29, 0.717) is 6.54 Å². The Kier molecular flexibility index (Phi) is 4.19. The molecule has 0 unspecified atom stereocenters. The molecule has 0 spiro atoms. The maximum atomic E-state index is 8.03. The Bertz CT molecular complexity index is 149. The predicted molar refractivity (Wildman–Crippen MR) is 47.8 cm³/mol. The fraction of sp³-hybridized carbons (Fsp3) is 1.00. The minimum absolute atomic E-state index is 0.612. The molecule has 11 heavy (non-hydrogen) atoms. The molecule has 0 atom stereocenters. The Labute approximate surface area is 70.6 Å². The van der Waals surface area contributed by atoms with E-state index in [-0.39, 0.29) is 0 Å². The minimum Gasteiger partial charge on any atom is -0.302 e. The molecule has 1 aliphatic heterocycles. The van der Waals surface area contributed by atoms with E-state index in [1.165, 1.54) is 11.5 Å². The van der Waals surface area contributed by atoms with E-state index in [1.54, 1.807) is 0 Å². The van der Waals surface area contributed by atoms with Crippen LogP contribution >= 0.6 is 11.8 Å². The fourth-order valence-electron chi connectivity index (χ4n) is 1.06. The lowest BCUT2D eigenvalue weighted by molar-refractivity contribution is 0.311. The number of rotatable bonds is 3. The summed E-state index contributed by atoms with van der Waals surface area (Å²) >= 11 is 1.99. The molecular formula is C6H12N4S. The van der Waals surface area contributed by atoms with Crippen molar-refractivity contribution in [1.82, 2.24) is 4.90 Å². The third-order valence-electron chi connectivity index (χ3n) is 1.68. The van der Waals surface area contributed by atoms with Crippen LogP contribution in [0.3, 0.4) is 0 Å². The second kappa shape index (κ2) is 5.29. The molecule has 62 valence electrons. The van der Waals surface area contributed by atoms with Gasteiger partial charge in [0.1, 0.15) is 0 Å². The predicted octanol–water partition coefficient (Wildman–Crippen LogP) is 1.35. The standard InChI is InChI=1S/C6H12N4S/c7-9-8-1-2-10-3-5-11-6-4-10/h1-6H2. The topological polar surface area (TPSA) is 52.0 Å². The summed E-state index contributed by atoms with van der Waals surface area (Å²) in [6.07, 6.45) is 0. The summed E-state index contributed by atoms with van der Waals surface area (Å²) in [5.41, 5.74) is 8.03. The molecule has 0 N–H and O–H groups in total. The molecule has 1 saturated heterocycles. The molecular weight excluding hydrogens is 160 g/mol. The van der Waals surface area contributed by atoms with Crippen LogP contribution in [0, 0.1) is 0 Å². The SMILES string of the molecule is [N-]=[N+]=NCCN1CCSCC1. The van der Waals surface area contributed by atoms with Gasteiger partial charge >= 0.3 is 0 Å². The molecule has 0 aromatic carbocycles. The normalized spacial score (nSPS) is 19.3. The zero-order valence-corrected chi connectivity index (χ0v) is 7.26. The van der Waals surface area contributed by atoms with Crippen molar-refractivity contribution in [3.8, 4) is 0 Å². The quantitative estimate of drug-likeness (QED) is 0.366. The third kappa shape index (κ3) is 3.51. The zero-order valence-electron chi connectivity index (χ0n) is 6.44. The molecule has 5 heteroatoms. The zero-order chi connectivity index (χ0) is 7.94. The number of nitrogens with zero attached hydrogens (tertiary/aromatic N) is 4. The second-order valence-electron chi connectivity index (χ2n) is 2.41. The first-order valence-corrected chi connectivity index (χ1v) is 4.90.